The maximum Gasteiger partial charge on any atom is 0.331 e. The van der Waals surface area contributed by atoms with Crippen LogP contribution in [-0.2, 0) is 9.53 Å². The van der Waals surface area contributed by atoms with Gasteiger partial charge in [0, 0.05) is 10.7 Å². The minimum absolute atomic E-state index is 0.188. The molecule has 0 saturated heterocycles. The lowest BCUT2D eigenvalue weighted by molar-refractivity contribution is -0.147. The van der Waals surface area contributed by atoms with Gasteiger partial charge in [0.25, 0.3) is 0 Å². The van der Waals surface area contributed by atoms with E-state index in [1.165, 1.54) is 7.11 Å². The van der Waals surface area contributed by atoms with Crippen molar-refractivity contribution in [3.05, 3.63) is 29.3 Å². The second-order valence-corrected chi connectivity index (χ2v) is 5.33. The van der Waals surface area contributed by atoms with E-state index >= 15 is 0 Å². The average molecular weight is 268 g/mol. The summed E-state index contributed by atoms with van der Waals surface area (Å²) in [5.41, 5.74) is 0.251. The number of nitrogens with one attached hydrogen (secondary N) is 1. The van der Waals surface area contributed by atoms with Gasteiger partial charge >= 0.3 is 5.97 Å². The number of methoxy groups -OCH3 is 1. The zero-order valence-corrected chi connectivity index (χ0v) is 11.5. The molecule has 0 heterocycles. The van der Waals surface area contributed by atoms with Crippen molar-refractivity contribution in [2.45, 2.75) is 31.7 Å². The Balaban J connectivity index is 2.29. The van der Waals surface area contributed by atoms with E-state index in [2.05, 4.69) is 12.2 Å². The number of rotatable bonds is 3. The highest BCUT2D eigenvalue weighted by Gasteiger charge is 2.47. The van der Waals surface area contributed by atoms with Crippen LogP contribution in [0.2, 0.25) is 5.02 Å². The zero-order valence-electron chi connectivity index (χ0n) is 10.7. The lowest BCUT2D eigenvalue weighted by atomic mass is 9.88. The Hall–Kier alpha value is -1.22. The van der Waals surface area contributed by atoms with Gasteiger partial charge in [-0.3, -0.25) is 0 Å². The highest BCUT2D eigenvalue weighted by molar-refractivity contribution is 6.30. The van der Waals surface area contributed by atoms with E-state index in [0.29, 0.717) is 5.02 Å². The van der Waals surface area contributed by atoms with E-state index in [9.17, 15) is 4.79 Å². The molecule has 2 atom stereocenters. The van der Waals surface area contributed by atoms with Crippen LogP contribution in [-0.4, -0.2) is 18.6 Å². The molecule has 0 amide bonds. The minimum atomic E-state index is -0.612. The van der Waals surface area contributed by atoms with Gasteiger partial charge in [-0.05, 0) is 37.0 Å². The third-order valence-corrected chi connectivity index (χ3v) is 4.03. The quantitative estimate of drug-likeness (QED) is 0.852. The molecule has 1 aromatic rings. The van der Waals surface area contributed by atoms with Crippen LogP contribution in [0.3, 0.4) is 0 Å². The van der Waals surface area contributed by atoms with E-state index in [4.69, 9.17) is 16.3 Å². The maximum absolute atomic E-state index is 12.1. The molecular formula is C14H18ClNO2. The molecule has 0 radical (unpaired) electrons. The number of ether oxygens (including phenoxy) is 1. The minimum Gasteiger partial charge on any atom is -0.467 e. The molecule has 1 aromatic carbocycles. The second kappa shape index (κ2) is 5.19. The Morgan fingerprint density at radius 3 is 2.89 bits per heavy atom. The Labute approximate surface area is 112 Å². The summed E-state index contributed by atoms with van der Waals surface area (Å²) in [7, 11) is 1.44. The van der Waals surface area contributed by atoms with Gasteiger partial charge in [0.05, 0.1) is 7.11 Å². The van der Waals surface area contributed by atoms with Gasteiger partial charge in [-0.1, -0.05) is 31.0 Å². The second-order valence-electron chi connectivity index (χ2n) is 4.89. The van der Waals surface area contributed by atoms with Gasteiger partial charge in [0.2, 0.25) is 0 Å². The summed E-state index contributed by atoms with van der Waals surface area (Å²) in [6.07, 6.45) is 2.86. The van der Waals surface area contributed by atoms with Crippen molar-refractivity contribution >= 4 is 23.3 Å². The van der Waals surface area contributed by atoms with E-state index in [1.807, 2.05) is 24.3 Å². The Morgan fingerprint density at radius 2 is 2.33 bits per heavy atom. The largest absolute Gasteiger partial charge is 0.467 e. The monoisotopic (exact) mass is 267 g/mol. The number of anilines is 1. The van der Waals surface area contributed by atoms with E-state index in [1.54, 1.807) is 0 Å². The van der Waals surface area contributed by atoms with Gasteiger partial charge in [0.15, 0.2) is 0 Å². The van der Waals surface area contributed by atoms with E-state index in [0.717, 1.165) is 24.9 Å². The predicted octanol–water partition coefficient (Wildman–Crippen LogP) is 3.48. The lowest BCUT2D eigenvalue weighted by Gasteiger charge is -2.32. The normalized spacial score (nSPS) is 26.9. The van der Waals surface area contributed by atoms with Crippen molar-refractivity contribution < 1.29 is 9.53 Å². The molecule has 18 heavy (non-hydrogen) atoms. The molecule has 3 nitrogen and oxygen atoms in total. The van der Waals surface area contributed by atoms with Crippen molar-refractivity contribution in [3.63, 3.8) is 0 Å². The number of hydrogen-bond donors (Lipinski definition) is 1. The fourth-order valence-corrected chi connectivity index (χ4v) is 2.92. The molecule has 2 rings (SSSR count). The zero-order chi connectivity index (χ0) is 13.2. The van der Waals surface area contributed by atoms with Gasteiger partial charge < -0.3 is 10.1 Å². The predicted molar refractivity (Wildman–Crippen MR) is 72.8 cm³/mol. The van der Waals surface area contributed by atoms with Gasteiger partial charge in [-0.15, -0.1) is 0 Å². The first-order valence-electron chi connectivity index (χ1n) is 6.20. The maximum atomic E-state index is 12.1. The number of halogens is 1. The lowest BCUT2D eigenvalue weighted by Crippen LogP contribution is -2.49. The SMILES string of the molecule is COC(=O)C1(Nc2cccc(Cl)c2)CCCC1C. The summed E-state index contributed by atoms with van der Waals surface area (Å²) in [6, 6.07) is 7.43. The molecule has 1 aliphatic carbocycles. The molecule has 1 aliphatic rings. The summed E-state index contributed by atoms with van der Waals surface area (Å²) in [5.74, 6) is 0.0661. The van der Waals surface area contributed by atoms with Crippen LogP contribution in [0.4, 0.5) is 5.69 Å². The van der Waals surface area contributed by atoms with Crippen molar-refractivity contribution in [2.75, 3.05) is 12.4 Å². The number of benzene rings is 1. The van der Waals surface area contributed by atoms with Crippen LogP contribution in [0.1, 0.15) is 26.2 Å². The van der Waals surface area contributed by atoms with Gasteiger partial charge in [0.1, 0.15) is 5.54 Å². The highest BCUT2D eigenvalue weighted by Crippen LogP contribution is 2.39. The first kappa shape index (κ1) is 13.2. The first-order chi connectivity index (χ1) is 8.58. The molecule has 1 saturated carbocycles. The van der Waals surface area contributed by atoms with E-state index < -0.39 is 5.54 Å². The third-order valence-electron chi connectivity index (χ3n) is 3.79. The molecule has 0 bridgehead atoms. The average Bonchev–Trinajstić information content (AvgIpc) is 2.71. The van der Waals surface area contributed by atoms with Crippen molar-refractivity contribution in [3.8, 4) is 0 Å². The Kier molecular flexibility index (Phi) is 3.81. The van der Waals surface area contributed by atoms with Crippen molar-refractivity contribution in [1.29, 1.82) is 0 Å². The molecule has 0 aliphatic heterocycles. The summed E-state index contributed by atoms with van der Waals surface area (Å²) in [5, 5.41) is 3.99. The number of carbonyl (C=O) groups is 1. The number of carbonyl (C=O) groups excluding carboxylic acids is 1. The van der Waals surface area contributed by atoms with Crippen LogP contribution in [0, 0.1) is 5.92 Å². The molecule has 0 aromatic heterocycles. The van der Waals surface area contributed by atoms with Gasteiger partial charge in [-0.25, -0.2) is 4.79 Å². The van der Waals surface area contributed by atoms with Crippen molar-refractivity contribution in [1.82, 2.24) is 0 Å². The molecule has 2 unspecified atom stereocenters. The van der Waals surface area contributed by atoms with Crippen LogP contribution >= 0.6 is 11.6 Å². The standard InChI is InChI=1S/C14H18ClNO2/c1-10-5-4-8-14(10,13(17)18-2)16-12-7-3-6-11(15)9-12/h3,6-7,9-10,16H,4-5,8H2,1-2H3. The fraction of sp³-hybridized carbons (Fsp3) is 0.500. The summed E-state index contributed by atoms with van der Waals surface area (Å²) in [4.78, 5) is 12.1. The van der Waals surface area contributed by atoms with Crippen LogP contribution in [0.25, 0.3) is 0 Å². The number of hydrogen-bond acceptors (Lipinski definition) is 3. The van der Waals surface area contributed by atoms with E-state index in [-0.39, 0.29) is 11.9 Å². The summed E-state index contributed by atoms with van der Waals surface area (Å²) in [6.45, 7) is 2.08. The molecular weight excluding hydrogens is 250 g/mol. The molecule has 1 N–H and O–H groups in total. The fourth-order valence-electron chi connectivity index (χ4n) is 2.73. The van der Waals surface area contributed by atoms with Crippen LogP contribution < -0.4 is 5.32 Å². The number of esters is 1. The Bertz CT molecular complexity index is 449. The third kappa shape index (κ3) is 2.32. The smallest absolute Gasteiger partial charge is 0.331 e. The molecule has 1 fully saturated rings. The van der Waals surface area contributed by atoms with Crippen LogP contribution in [0.15, 0.2) is 24.3 Å². The van der Waals surface area contributed by atoms with Gasteiger partial charge in [-0.2, -0.15) is 0 Å². The van der Waals surface area contributed by atoms with Crippen LogP contribution in [0.5, 0.6) is 0 Å². The Morgan fingerprint density at radius 1 is 1.56 bits per heavy atom. The summed E-state index contributed by atoms with van der Waals surface area (Å²) >= 11 is 5.97. The first-order valence-corrected chi connectivity index (χ1v) is 6.58. The molecule has 4 heteroatoms. The molecule has 98 valence electrons. The summed E-state index contributed by atoms with van der Waals surface area (Å²) < 4.78 is 4.98. The topological polar surface area (TPSA) is 38.3 Å². The molecule has 0 spiro atoms. The highest BCUT2D eigenvalue weighted by atomic mass is 35.5. The van der Waals surface area contributed by atoms with Crippen molar-refractivity contribution in [2.24, 2.45) is 5.92 Å².